The molecule has 0 amide bonds. The van der Waals surface area contributed by atoms with Crippen LogP contribution in [0.2, 0.25) is 5.02 Å². The number of aromatic nitrogens is 2. The number of rotatable bonds is 5. The van der Waals surface area contributed by atoms with Crippen molar-refractivity contribution in [1.82, 2.24) is 9.97 Å². The molecule has 0 spiro atoms. The van der Waals surface area contributed by atoms with Crippen LogP contribution in [0.25, 0.3) is 0 Å². The number of ether oxygens (including phenoxy) is 2. The molecule has 1 aliphatic heterocycles. The Bertz CT molecular complexity index is 886. The SMILES string of the molecule is Clc1ccc(CNc2ccnc(Nc3ccc4c(c3)OCO4)n2)cc1. The van der Waals surface area contributed by atoms with Gasteiger partial charge in [-0.05, 0) is 35.9 Å². The van der Waals surface area contributed by atoms with Crippen molar-refractivity contribution in [2.75, 3.05) is 17.4 Å². The average molecular weight is 355 g/mol. The van der Waals surface area contributed by atoms with Gasteiger partial charge < -0.3 is 20.1 Å². The average Bonchev–Trinajstić information content (AvgIpc) is 3.09. The summed E-state index contributed by atoms with van der Waals surface area (Å²) in [5, 5.41) is 7.16. The number of hydrogen-bond donors (Lipinski definition) is 2. The minimum Gasteiger partial charge on any atom is -0.454 e. The molecular weight excluding hydrogens is 340 g/mol. The number of hydrogen-bond acceptors (Lipinski definition) is 6. The van der Waals surface area contributed by atoms with E-state index in [1.165, 1.54) is 0 Å². The van der Waals surface area contributed by atoms with Crippen molar-refractivity contribution in [2.24, 2.45) is 0 Å². The van der Waals surface area contributed by atoms with Crippen LogP contribution >= 0.6 is 11.6 Å². The molecule has 1 aromatic heterocycles. The summed E-state index contributed by atoms with van der Waals surface area (Å²) < 4.78 is 10.7. The Balaban J connectivity index is 1.43. The molecule has 0 bridgehead atoms. The van der Waals surface area contributed by atoms with Gasteiger partial charge in [0.05, 0.1) is 0 Å². The Morgan fingerprint density at radius 1 is 1.00 bits per heavy atom. The Morgan fingerprint density at radius 2 is 1.84 bits per heavy atom. The topological polar surface area (TPSA) is 68.3 Å². The largest absolute Gasteiger partial charge is 0.454 e. The minimum atomic E-state index is 0.249. The monoisotopic (exact) mass is 354 g/mol. The summed E-state index contributed by atoms with van der Waals surface area (Å²) >= 11 is 5.90. The molecule has 7 heteroatoms. The van der Waals surface area contributed by atoms with Crippen molar-refractivity contribution in [3.05, 3.63) is 65.3 Å². The van der Waals surface area contributed by atoms with E-state index in [1.54, 1.807) is 6.20 Å². The molecule has 0 atom stereocenters. The van der Waals surface area contributed by atoms with Crippen molar-refractivity contribution in [3.63, 3.8) is 0 Å². The van der Waals surface area contributed by atoms with Crippen LogP contribution in [0.15, 0.2) is 54.7 Å². The summed E-state index contributed by atoms with van der Waals surface area (Å²) in [6, 6.07) is 15.1. The second kappa shape index (κ2) is 6.86. The zero-order valence-corrected chi connectivity index (χ0v) is 14.0. The van der Waals surface area contributed by atoms with Gasteiger partial charge in [-0.1, -0.05) is 23.7 Å². The first-order valence-electron chi connectivity index (χ1n) is 7.74. The van der Waals surface area contributed by atoms with Gasteiger partial charge >= 0.3 is 0 Å². The maximum absolute atomic E-state index is 5.90. The molecule has 0 saturated heterocycles. The highest BCUT2D eigenvalue weighted by atomic mass is 35.5. The summed E-state index contributed by atoms with van der Waals surface area (Å²) in [6.45, 7) is 0.900. The van der Waals surface area contributed by atoms with E-state index in [0.29, 0.717) is 18.2 Å². The van der Waals surface area contributed by atoms with Crippen molar-refractivity contribution in [2.45, 2.75) is 6.54 Å². The third kappa shape index (κ3) is 3.75. The molecule has 126 valence electrons. The van der Waals surface area contributed by atoms with E-state index in [2.05, 4.69) is 20.6 Å². The van der Waals surface area contributed by atoms with Gasteiger partial charge in [0.1, 0.15) is 5.82 Å². The number of halogens is 1. The Labute approximate surface area is 149 Å². The lowest BCUT2D eigenvalue weighted by molar-refractivity contribution is 0.174. The number of benzene rings is 2. The van der Waals surface area contributed by atoms with Crippen molar-refractivity contribution < 1.29 is 9.47 Å². The highest BCUT2D eigenvalue weighted by Gasteiger charge is 2.13. The Kier molecular flexibility index (Phi) is 4.26. The van der Waals surface area contributed by atoms with Crippen LogP contribution in [-0.4, -0.2) is 16.8 Å². The summed E-state index contributed by atoms with van der Waals surface area (Å²) in [6.07, 6.45) is 1.70. The number of nitrogens with one attached hydrogen (secondary N) is 2. The molecular formula is C18H15ClN4O2. The molecule has 0 radical (unpaired) electrons. The van der Waals surface area contributed by atoms with Gasteiger partial charge in [0.15, 0.2) is 11.5 Å². The highest BCUT2D eigenvalue weighted by molar-refractivity contribution is 6.30. The van der Waals surface area contributed by atoms with Gasteiger partial charge in [0.25, 0.3) is 0 Å². The molecule has 2 aromatic carbocycles. The van der Waals surface area contributed by atoms with Gasteiger partial charge in [-0.3, -0.25) is 0 Å². The van der Waals surface area contributed by atoms with Crippen LogP contribution in [0.4, 0.5) is 17.5 Å². The fourth-order valence-electron chi connectivity index (χ4n) is 2.42. The van der Waals surface area contributed by atoms with Crippen LogP contribution in [0.3, 0.4) is 0 Å². The van der Waals surface area contributed by atoms with E-state index in [4.69, 9.17) is 21.1 Å². The molecule has 6 nitrogen and oxygen atoms in total. The zero-order valence-electron chi connectivity index (χ0n) is 13.2. The van der Waals surface area contributed by atoms with Crippen LogP contribution in [0.1, 0.15) is 5.56 Å². The number of anilines is 3. The fourth-order valence-corrected chi connectivity index (χ4v) is 2.54. The standard InChI is InChI=1S/C18H15ClN4O2/c19-13-3-1-12(2-4-13)10-21-17-7-8-20-18(23-17)22-14-5-6-15-16(9-14)25-11-24-15/h1-9H,10-11H2,(H2,20,21,22,23). The smallest absolute Gasteiger partial charge is 0.231 e. The van der Waals surface area contributed by atoms with Crippen LogP contribution in [0.5, 0.6) is 11.5 Å². The lowest BCUT2D eigenvalue weighted by Crippen LogP contribution is -2.04. The molecule has 25 heavy (non-hydrogen) atoms. The normalized spacial score (nSPS) is 12.0. The highest BCUT2D eigenvalue weighted by Crippen LogP contribution is 2.34. The number of nitrogens with zero attached hydrogens (tertiary/aromatic N) is 2. The van der Waals surface area contributed by atoms with E-state index < -0.39 is 0 Å². The quantitative estimate of drug-likeness (QED) is 0.715. The predicted octanol–water partition coefficient (Wildman–Crippen LogP) is 4.21. The molecule has 1 aliphatic rings. The minimum absolute atomic E-state index is 0.249. The summed E-state index contributed by atoms with van der Waals surface area (Å²) in [5.74, 6) is 2.68. The first kappa shape index (κ1) is 15.5. The van der Waals surface area contributed by atoms with Crippen molar-refractivity contribution >= 4 is 29.1 Å². The van der Waals surface area contributed by atoms with Crippen molar-refractivity contribution in [3.8, 4) is 11.5 Å². The first-order valence-corrected chi connectivity index (χ1v) is 8.12. The molecule has 2 heterocycles. The third-order valence-electron chi connectivity index (χ3n) is 3.67. The molecule has 2 N–H and O–H groups in total. The third-order valence-corrected chi connectivity index (χ3v) is 3.92. The predicted molar refractivity (Wildman–Crippen MR) is 96.7 cm³/mol. The lowest BCUT2D eigenvalue weighted by Gasteiger charge is -2.09. The van der Waals surface area contributed by atoms with Gasteiger partial charge in [0, 0.05) is 29.5 Å². The van der Waals surface area contributed by atoms with E-state index in [1.807, 2.05) is 48.5 Å². The van der Waals surface area contributed by atoms with Gasteiger partial charge in [-0.2, -0.15) is 4.98 Å². The maximum atomic E-state index is 5.90. The van der Waals surface area contributed by atoms with E-state index >= 15 is 0 Å². The van der Waals surface area contributed by atoms with Crippen molar-refractivity contribution in [1.29, 1.82) is 0 Å². The maximum Gasteiger partial charge on any atom is 0.231 e. The second-order valence-corrected chi connectivity index (χ2v) is 5.87. The zero-order chi connectivity index (χ0) is 17.1. The summed E-state index contributed by atoms with van der Waals surface area (Å²) in [4.78, 5) is 8.71. The Morgan fingerprint density at radius 3 is 2.72 bits per heavy atom. The summed E-state index contributed by atoms with van der Waals surface area (Å²) in [5.41, 5.74) is 1.95. The van der Waals surface area contributed by atoms with Crippen LogP contribution < -0.4 is 20.1 Å². The van der Waals surface area contributed by atoms with Gasteiger partial charge in [-0.25, -0.2) is 4.98 Å². The lowest BCUT2D eigenvalue weighted by atomic mass is 10.2. The molecule has 4 rings (SSSR count). The van der Waals surface area contributed by atoms with Gasteiger partial charge in [0.2, 0.25) is 12.7 Å². The second-order valence-electron chi connectivity index (χ2n) is 5.44. The van der Waals surface area contributed by atoms with E-state index in [0.717, 1.165) is 27.8 Å². The van der Waals surface area contributed by atoms with Crippen LogP contribution in [0, 0.1) is 0 Å². The van der Waals surface area contributed by atoms with Gasteiger partial charge in [-0.15, -0.1) is 0 Å². The molecule has 3 aromatic rings. The first-order chi connectivity index (χ1) is 12.3. The molecule has 0 unspecified atom stereocenters. The fraction of sp³-hybridized carbons (Fsp3) is 0.111. The number of fused-ring (bicyclic) bond motifs is 1. The summed E-state index contributed by atoms with van der Waals surface area (Å²) in [7, 11) is 0. The van der Waals surface area contributed by atoms with Crippen LogP contribution in [-0.2, 0) is 6.54 Å². The Hall–Kier alpha value is -2.99. The van der Waals surface area contributed by atoms with E-state index in [9.17, 15) is 0 Å². The molecule has 0 aliphatic carbocycles. The molecule has 0 saturated carbocycles. The molecule has 0 fully saturated rings. The van der Waals surface area contributed by atoms with E-state index in [-0.39, 0.29) is 6.79 Å².